The molecule has 0 aliphatic rings. The van der Waals surface area contributed by atoms with Crippen LogP contribution in [0, 0.1) is 0 Å². The number of halogens is 1. The van der Waals surface area contributed by atoms with E-state index in [9.17, 15) is 0 Å². The number of furan rings is 1. The van der Waals surface area contributed by atoms with Crippen LogP contribution < -0.4 is 10.6 Å². The van der Waals surface area contributed by atoms with Gasteiger partial charge in [0, 0.05) is 32.5 Å². The Morgan fingerprint density at radius 2 is 2.04 bits per heavy atom. The summed E-state index contributed by atoms with van der Waals surface area (Å²) >= 11 is 1.78. The Kier molecular flexibility index (Phi) is 8.90. The van der Waals surface area contributed by atoms with E-state index in [2.05, 4.69) is 45.7 Å². The lowest BCUT2D eigenvalue weighted by atomic mass is 10.3. The first-order valence-electron chi connectivity index (χ1n) is 8.74. The molecule has 2 N–H and O–H groups in total. The molecule has 0 amide bonds. The van der Waals surface area contributed by atoms with Gasteiger partial charge in [0.15, 0.2) is 5.96 Å². The summed E-state index contributed by atoms with van der Waals surface area (Å²) in [6.45, 7) is 4.51. The van der Waals surface area contributed by atoms with Crippen molar-refractivity contribution < 1.29 is 4.42 Å². The highest BCUT2D eigenvalue weighted by atomic mass is 127. The van der Waals surface area contributed by atoms with Gasteiger partial charge in [-0.2, -0.15) is 0 Å². The molecule has 5 nitrogen and oxygen atoms in total. The van der Waals surface area contributed by atoms with Gasteiger partial charge in [0.1, 0.15) is 5.76 Å². The maximum atomic E-state index is 5.34. The third-order valence-corrected chi connectivity index (χ3v) is 4.84. The number of hydrogen-bond acceptors (Lipinski definition) is 4. The van der Waals surface area contributed by atoms with E-state index in [-0.39, 0.29) is 24.0 Å². The minimum atomic E-state index is 0. The van der Waals surface area contributed by atoms with Crippen molar-refractivity contribution in [3.05, 3.63) is 53.4 Å². The van der Waals surface area contributed by atoms with Crippen LogP contribution in [0.3, 0.4) is 0 Å². The average Bonchev–Trinajstić information content (AvgIpc) is 3.27. The molecule has 0 saturated heterocycles. The van der Waals surface area contributed by atoms with E-state index in [0.29, 0.717) is 0 Å². The molecule has 0 radical (unpaired) electrons. The van der Waals surface area contributed by atoms with Crippen LogP contribution in [0.5, 0.6) is 0 Å². The lowest BCUT2D eigenvalue weighted by Gasteiger charge is -2.10. The lowest BCUT2D eigenvalue weighted by Crippen LogP contribution is -2.38. The number of guanidine groups is 1. The van der Waals surface area contributed by atoms with Crippen LogP contribution in [-0.2, 0) is 12.8 Å². The molecule has 0 aliphatic heterocycles. The Morgan fingerprint density at radius 3 is 2.81 bits per heavy atom. The summed E-state index contributed by atoms with van der Waals surface area (Å²) in [5.74, 6) is 1.84. The topological polar surface area (TPSA) is 62.5 Å². The predicted octanol–water partition coefficient (Wildman–Crippen LogP) is 4.24. The zero-order chi connectivity index (χ0) is 17.3. The van der Waals surface area contributed by atoms with Gasteiger partial charge in [0.25, 0.3) is 0 Å². The summed E-state index contributed by atoms with van der Waals surface area (Å²) < 4.78 is 6.60. The first-order chi connectivity index (χ1) is 12.3. The number of nitrogens with one attached hydrogen (secondary N) is 2. The maximum Gasteiger partial charge on any atom is 0.191 e. The second kappa shape index (κ2) is 11.2. The molecule has 0 aliphatic carbocycles. The molecule has 0 saturated carbocycles. The maximum absolute atomic E-state index is 5.34. The fourth-order valence-electron chi connectivity index (χ4n) is 2.55. The van der Waals surface area contributed by atoms with Crippen LogP contribution in [0.25, 0.3) is 10.2 Å². The van der Waals surface area contributed by atoms with Gasteiger partial charge in [0.05, 0.1) is 21.5 Å². The van der Waals surface area contributed by atoms with E-state index >= 15 is 0 Å². The molecule has 0 spiro atoms. The Bertz CT molecular complexity index is 768. The number of benzene rings is 1. The number of rotatable bonds is 8. The Balaban J connectivity index is 0.00000243. The normalized spacial score (nSPS) is 11.3. The molecule has 0 bridgehead atoms. The highest BCUT2D eigenvalue weighted by Crippen LogP contribution is 2.22. The fourth-order valence-corrected chi connectivity index (χ4v) is 3.56. The van der Waals surface area contributed by atoms with Crippen LogP contribution in [0.1, 0.15) is 24.1 Å². The molecule has 7 heteroatoms. The van der Waals surface area contributed by atoms with E-state index in [0.717, 1.165) is 56.1 Å². The van der Waals surface area contributed by atoms with Crippen LogP contribution in [-0.4, -0.2) is 30.6 Å². The average molecular weight is 484 g/mol. The summed E-state index contributed by atoms with van der Waals surface area (Å²) in [7, 11) is 0. The van der Waals surface area contributed by atoms with Gasteiger partial charge in [-0.3, -0.25) is 4.99 Å². The minimum absolute atomic E-state index is 0. The molecule has 0 unspecified atom stereocenters. The Labute approximate surface area is 175 Å². The van der Waals surface area contributed by atoms with Crippen molar-refractivity contribution in [1.82, 2.24) is 15.6 Å². The quantitative estimate of drug-likeness (QED) is 0.217. The largest absolute Gasteiger partial charge is 0.469 e. The van der Waals surface area contributed by atoms with Crippen molar-refractivity contribution in [2.75, 3.05) is 19.6 Å². The highest BCUT2D eigenvalue weighted by Gasteiger charge is 2.03. The van der Waals surface area contributed by atoms with E-state index < -0.39 is 0 Å². The highest BCUT2D eigenvalue weighted by molar-refractivity contribution is 14.0. The van der Waals surface area contributed by atoms with Crippen molar-refractivity contribution in [3.8, 4) is 0 Å². The number of aliphatic imine (C=N–C) groups is 1. The van der Waals surface area contributed by atoms with Gasteiger partial charge >= 0.3 is 0 Å². The third kappa shape index (κ3) is 6.28. The smallest absolute Gasteiger partial charge is 0.191 e. The van der Waals surface area contributed by atoms with E-state index in [1.165, 1.54) is 9.71 Å². The van der Waals surface area contributed by atoms with Crippen molar-refractivity contribution in [3.63, 3.8) is 0 Å². The predicted molar refractivity (Wildman–Crippen MR) is 120 cm³/mol. The summed E-state index contributed by atoms with van der Waals surface area (Å²) in [5.41, 5.74) is 1.10. The van der Waals surface area contributed by atoms with Gasteiger partial charge in [-0.15, -0.1) is 35.3 Å². The first-order valence-corrected chi connectivity index (χ1v) is 9.56. The van der Waals surface area contributed by atoms with Crippen molar-refractivity contribution in [2.45, 2.75) is 26.2 Å². The van der Waals surface area contributed by atoms with Gasteiger partial charge in [-0.25, -0.2) is 4.98 Å². The number of aryl methyl sites for hydroxylation is 1. The second-order valence-corrected chi connectivity index (χ2v) is 6.81. The zero-order valence-electron chi connectivity index (χ0n) is 14.9. The number of aromatic nitrogens is 1. The molecule has 1 aromatic carbocycles. The third-order valence-electron chi connectivity index (χ3n) is 3.75. The molecule has 0 atom stereocenters. The monoisotopic (exact) mass is 484 g/mol. The van der Waals surface area contributed by atoms with E-state index in [1.807, 2.05) is 18.2 Å². The number of fused-ring (bicyclic) bond motifs is 1. The van der Waals surface area contributed by atoms with Gasteiger partial charge in [0.2, 0.25) is 0 Å². The molecular formula is C19H25IN4OS. The van der Waals surface area contributed by atoms with Crippen LogP contribution in [0.15, 0.2) is 52.1 Å². The summed E-state index contributed by atoms with van der Waals surface area (Å²) in [6.07, 6.45) is 4.52. The molecular weight excluding hydrogens is 459 g/mol. The first kappa shape index (κ1) is 20.7. The SMILES string of the molecule is CCNC(=NCCCc1nc2ccccc2s1)NCCc1ccco1.I. The standard InChI is InChI=1S/C19H24N4OS.HI/c1-2-20-19(22-13-11-15-7-6-14-24-15)21-12-5-10-18-23-16-8-3-4-9-17(16)25-18;/h3-4,6-9,14H,2,5,10-13H2,1H3,(H2,20,21,22);1H. The zero-order valence-corrected chi connectivity index (χ0v) is 18.1. The van der Waals surface area contributed by atoms with Crippen molar-refractivity contribution >= 4 is 51.5 Å². The minimum Gasteiger partial charge on any atom is -0.469 e. The molecule has 3 rings (SSSR count). The summed E-state index contributed by atoms with van der Waals surface area (Å²) in [5, 5.41) is 7.81. The summed E-state index contributed by atoms with van der Waals surface area (Å²) in [4.78, 5) is 9.31. The number of thiazole rings is 1. The molecule has 3 aromatic rings. The molecule has 140 valence electrons. The molecule has 2 heterocycles. The lowest BCUT2D eigenvalue weighted by molar-refractivity contribution is 0.507. The molecule has 0 fully saturated rings. The van der Waals surface area contributed by atoms with Crippen LogP contribution in [0.4, 0.5) is 0 Å². The van der Waals surface area contributed by atoms with Gasteiger partial charge < -0.3 is 15.1 Å². The van der Waals surface area contributed by atoms with Gasteiger partial charge in [-0.05, 0) is 37.6 Å². The number of para-hydroxylation sites is 1. The van der Waals surface area contributed by atoms with Crippen molar-refractivity contribution in [1.29, 1.82) is 0 Å². The Hall–Kier alpha value is -1.61. The summed E-state index contributed by atoms with van der Waals surface area (Å²) in [6, 6.07) is 12.2. The Morgan fingerprint density at radius 1 is 1.15 bits per heavy atom. The van der Waals surface area contributed by atoms with Gasteiger partial charge in [-0.1, -0.05) is 12.1 Å². The second-order valence-electron chi connectivity index (χ2n) is 5.70. The number of hydrogen-bond donors (Lipinski definition) is 2. The van der Waals surface area contributed by atoms with Crippen LogP contribution >= 0.6 is 35.3 Å². The van der Waals surface area contributed by atoms with Crippen LogP contribution in [0.2, 0.25) is 0 Å². The van der Waals surface area contributed by atoms with E-state index in [4.69, 9.17) is 4.42 Å². The molecule has 26 heavy (non-hydrogen) atoms. The fraction of sp³-hybridized carbons (Fsp3) is 0.368. The molecule has 2 aromatic heterocycles. The van der Waals surface area contributed by atoms with E-state index in [1.54, 1.807) is 17.6 Å². The number of nitrogens with zero attached hydrogens (tertiary/aromatic N) is 2. The van der Waals surface area contributed by atoms with Crippen molar-refractivity contribution in [2.24, 2.45) is 4.99 Å².